The molecule has 0 saturated carbocycles. The molecule has 7 heteroatoms. The SMILES string of the molecule is CC(C)C(C)n1nnc(C(N)=S)c1C(F)F. The van der Waals surface area contributed by atoms with Crippen LogP contribution >= 0.6 is 12.2 Å². The summed E-state index contributed by atoms with van der Waals surface area (Å²) < 4.78 is 27.0. The summed E-state index contributed by atoms with van der Waals surface area (Å²) in [7, 11) is 0. The summed E-state index contributed by atoms with van der Waals surface area (Å²) >= 11 is 4.66. The summed E-state index contributed by atoms with van der Waals surface area (Å²) in [5, 5.41) is 7.31. The van der Waals surface area contributed by atoms with E-state index in [0.29, 0.717) is 0 Å². The van der Waals surface area contributed by atoms with Crippen molar-refractivity contribution in [1.82, 2.24) is 15.0 Å². The Bertz CT molecular complexity index is 389. The normalized spacial score (nSPS) is 13.4. The molecule has 1 unspecified atom stereocenters. The lowest BCUT2D eigenvalue weighted by Crippen LogP contribution is -2.18. The van der Waals surface area contributed by atoms with E-state index < -0.39 is 6.43 Å². The molecule has 0 fully saturated rings. The highest BCUT2D eigenvalue weighted by Gasteiger charge is 2.26. The Morgan fingerprint density at radius 2 is 1.94 bits per heavy atom. The van der Waals surface area contributed by atoms with Crippen molar-refractivity contribution < 1.29 is 8.78 Å². The maximum Gasteiger partial charge on any atom is 0.282 e. The van der Waals surface area contributed by atoms with Crippen LogP contribution < -0.4 is 5.73 Å². The van der Waals surface area contributed by atoms with Gasteiger partial charge >= 0.3 is 0 Å². The van der Waals surface area contributed by atoms with Crippen molar-refractivity contribution in [2.45, 2.75) is 33.2 Å². The van der Waals surface area contributed by atoms with Gasteiger partial charge in [0.05, 0.1) is 6.04 Å². The third-order valence-corrected chi connectivity index (χ3v) is 2.71. The number of alkyl halides is 2. The van der Waals surface area contributed by atoms with Crippen molar-refractivity contribution in [1.29, 1.82) is 0 Å². The van der Waals surface area contributed by atoms with Gasteiger partial charge in [-0.05, 0) is 12.8 Å². The molecule has 0 aliphatic heterocycles. The Balaban J connectivity index is 3.25. The summed E-state index contributed by atoms with van der Waals surface area (Å²) in [6.07, 6.45) is -2.69. The molecule has 2 N–H and O–H groups in total. The number of nitrogens with two attached hydrogens (primary N) is 1. The molecule has 90 valence electrons. The predicted molar refractivity (Wildman–Crippen MR) is 60.4 cm³/mol. The average molecular weight is 248 g/mol. The van der Waals surface area contributed by atoms with Gasteiger partial charge in [0.15, 0.2) is 0 Å². The van der Waals surface area contributed by atoms with Crippen molar-refractivity contribution >= 4 is 17.2 Å². The van der Waals surface area contributed by atoms with Crippen LogP contribution in [0.5, 0.6) is 0 Å². The standard InChI is InChI=1S/C9H14F2N4S/c1-4(2)5(3)15-7(8(10)11)6(9(12)16)13-14-15/h4-5,8H,1-3H3,(H2,12,16). The van der Waals surface area contributed by atoms with E-state index in [-0.39, 0.29) is 28.3 Å². The first kappa shape index (κ1) is 13.0. The van der Waals surface area contributed by atoms with Crippen LogP contribution in [0.4, 0.5) is 8.78 Å². The molecular weight excluding hydrogens is 234 g/mol. The molecule has 1 heterocycles. The molecule has 0 radical (unpaired) electrons. The number of thiocarbonyl (C=S) groups is 1. The van der Waals surface area contributed by atoms with Crippen LogP contribution in [0.25, 0.3) is 0 Å². The van der Waals surface area contributed by atoms with Crippen LogP contribution in [0.2, 0.25) is 0 Å². The lowest BCUT2D eigenvalue weighted by Gasteiger charge is -2.18. The van der Waals surface area contributed by atoms with Gasteiger partial charge in [0, 0.05) is 0 Å². The molecule has 0 bridgehead atoms. The van der Waals surface area contributed by atoms with Gasteiger partial charge in [-0.15, -0.1) is 5.10 Å². The largest absolute Gasteiger partial charge is 0.388 e. The fraction of sp³-hybridized carbons (Fsp3) is 0.667. The maximum absolute atomic E-state index is 12.9. The monoisotopic (exact) mass is 248 g/mol. The number of nitrogens with zero attached hydrogens (tertiary/aromatic N) is 3. The Kier molecular flexibility index (Phi) is 3.90. The van der Waals surface area contributed by atoms with Gasteiger partial charge in [-0.25, -0.2) is 13.5 Å². The molecule has 1 atom stereocenters. The van der Waals surface area contributed by atoms with Gasteiger partial charge in [-0.2, -0.15) is 0 Å². The van der Waals surface area contributed by atoms with Crippen molar-refractivity contribution in [3.63, 3.8) is 0 Å². The molecule has 0 spiro atoms. The van der Waals surface area contributed by atoms with E-state index in [4.69, 9.17) is 5.73 Å². The second-order valence-corrected chi connectivity index (χ2v) is 4.36. The Morgan fingerprint density at radius 1 is 1.38 bits per heavy atom. The fourth-order valence-electron chi connectivity index (χ4n) is 1.26. The minimum Gasteiger partial charge on any atom is -0.388 e. The molecule has 1 aromatic heterocycles. The summed E-state index contributed by atoms with van der Waals surface area (Å²) in [4.78, 5) is -0.155. The number of aromatic nitrogens is 3. The van der Waals surface area contributed by atoms with Gasteiger partial charge in [0.1, 0.15) is 16.4 Å². The van der Waals surface area contributed by atoms with Gasteiger partial charge in [-0.1, -0.05) is 31.3 Å². The maximum atomic E-state index is 12.9. The molecule has 0 aliphatic carbocycles. The fourth-order valence-corrected chi connectivity index (χ4v) is 1.41. The van der Waals surface area contributed by atoms with Crippen LogP contribution in [0, 0.1) is 5.92 Å². The molecular formula is C9H14F2N4S. The second kappa shape index (κ2) is 4.82. The summed E-state index contributed by atoms with van der Waals surface area (Å²) in [6.45, 7) is 5.64. The van der Waals surface area contributed by atoms with Crippen molar-refractivity contribution in [3.8, 4) is 0 Å². The zero-order valence-corrected chi connectivity index (χ0v) is 10.1. The lowest BCUT2D eigenvalue weighted by molar-refractivity contribution is 0.133. The van der Waals surface area contributed by atoms with Crippen LogP contribution in [-0.2, 0) is 0 Å². The van der Waals surface area contributed by atoms with E-state index in [1.54, 1.807) is 6.92 Å². The third kappa shape index (κ3) is 2.34. The second-order valence-electron chi connectivity index (χ2n) is 3.92. The zero-order valence-electron chi connectivity index (χ0n) is 9.32. The average Bonchev–Trinajstić information content (AvgIpc) is 2.60. The summed E-state index contributed by atoms with van der Waals surface area (Å²) in [5.41, 5.74) is 4.94. The number of hydrogen-bond acceptors (Lipinski definition) is 3. The summed E-state index contributed by atoms with van der Waals surface area (Å²) in [6, 6.07) is -0.181. The van der Waals surface area contributed by atoms with Gasteiger partial charge in [0.2, 0.25) is 0 Å². The first-order valence-corrected chi connectivity index (χ1v) is 5.30. The molecule has 0 aliphatic rings. The van der Waals surface area contributed by atoms with E-state index in [1.807, 2.05) is 13.8 Å². The lowest BCUT2D eigenvalue weighted by atomic mass is 10.1. The smallest absolute Gasteiger partial charge is 0.282 e. The zero-order chi connectivity index (χ0) is 12.5. The molecule has 0 saturated heterocycles. The predicted octanol–water partition coefficient (Wildman–Crippen LogP) is 2.07. The van der Waals surface area contributed by atoms with E-state index in [9.17, 15) is 8.78 Å². The Morgan fingerprint density at radius 3 is 2.31 bits per heavy atom. The molecule has 1 rings (SSSR count). The van der Waals surface area contributed by atoms with Crippen LogP contribution in [0.15, 0.2) is 0 Å². The van der Waals surface area contributed by atoms with E-state index in [2.05, 4.69) is 22.5 Å². The molecule has 16 heavy (non-hydrogen) atoms. The van der Waals surface area contributed by atoms with E-state index >= 15 is 0 Å². The van der Waals surface area contributed by atoms with Crippen LogP contribution in [0.1, 0.15) is 44.6 Å². The Hall–Kier alpha value is -1.11. The van der Waals surface area contributed by atoms with Crippen molar-refractivity contribution in [2.24, 2.45) is 11.7 Å². The Labute approximate surface area is 97.8 Å². The number of rotatable bonds is 4. The highest BCUT2D eigenvalue weighted by atomic mass is 32.1. The van der Waals surface area contributed by atoms with Crippen LogP contribution in [-0.4, -0.2) is 20.0 Å². The minimum atomic E-state index is -2.69. The van der Waals surface area contributed by atoms with Gasteiger partial charge in [0.25, 0.3) is 6.43 Å². The number of hydrogen-bond donors (Lipinski definition) is 1. The van der Waals surface area contributed by atoms with Gasteiger partial charge in [-0.3, -0.25) is 0 Å². The molecule has 4 nitrogen and oxygen atoms in total. The first-order valence-electron chi connectivity index (χ1n) is 4.89. The highest BCUT2D eigenvalue weighted by molar-refractivity contribution is 7.80. The minimum absolute atomic E-state index is 0.0856. The van der Waals surface area contributed by atoms with Crippen molar-refractivity contribution in [2.75, 3.05) is 0 Å². The molecule has 0 amide bonds. The quantitative estimate of drug-likeness (QED) is 0.829. The molecule has 0 aromatic carbocycles. The third-order valence-electron chi connectivity index (χ3n) is 2.52. The van der Waals surface area contributed by atoms with E-state index in [1.165, 1.54) is 4.68 Å². The van der Waals surface area contributed by atoms with Gasteiger partial charge < -0.3 is 5.73 Å². The number of halogens is 2. The first-order chi connectivity index (χ1) is 7.36. The topological polar surface area (TPSA) is 56.7 Å². The van der Waals surface area contributed by atoms with Crippen LogP contribution in [0.3, 0.4) is 0 Å². The molecule has 1 aromatic rings. The highest BCUT2D eigenvalue weighted by Crippen LogP contribution is 2.26. The summed E-state index contributed by atoms with van der Waals surface area (Å²) in [5.74, 6) is 0.165. The van der Waals surface area contributed by atoms with E-state index in [0.717, 1.165) is 0 Å². The van der Waals surface area contributed by atoms with Crippen molar-refractivity contribution in [3.05, 3.63) is 11.4 Å².